The zero-order valence-electron chi connectivity index (χ0n) is 6.96. The van der Waals surface area contributed by atoms with Crippen LogP contribution in [0.5, 0.6) is 0 Å². The highest BCUT2D eigenvalue weighted by molar-refractivity contribution is 8.00. The first-order chi connectivity index (χ1) is 6.53. The Hall–Kier alpha value is -0.430. The van der Waals surface area contributed by atoms with Crippen LogP contribution in [0.1, 0.15) is 5.82 Å². The molecule has 0 saturated carbocycles. The van der Waals surface area contributed by atoms with Crippen molar-refractivity contribution < 1.29 is 13.2 Å². The molecule has 0 atom stereocenters. The summed E-state index contributed by atoms with van der Waals surface area (Å²) in [5.41, 5.74) is -4.19. The number of hydrogen-bond donors (Lipinski definition) is 0. The molecule has 0 N–H and O–H groups in total. The van der Waals surface area contributed by atoms with Crippen molar-refractivity contribution in [3.05, 3.63) is 12.2 Å². The van der Waals surface area contributed by atoms with E-state index in [-0.39, 0.29) is 29.9 Å². The van der Waals surface area contributed by atoms with Crippen molar-refractivity contribution in [1.82, 2.24) is 14.8 Å². The first-order valence-electron chi connectivity index (χ1n) is 3.66. The van der Waals surface area contributed by atoms with E-state index in [2.05, 4.69) is 10.2 Å². The topological polar surface area (TPSA) is 30.7 Å². The van der Waals surface area contributed by atoms with Crippen molar-refractivity contribution in [3.63, 3.8) is 0 Å². The van der Waals surface area contributed by atoms with Crippen molar-refractivity contribution in [1.29, 1.82) is 0 Å². The summed E-state index contributed by atoms with van der Waals surface area (Å²) in [7, 11) is 0. The second-order valence-corrected chi connectivity index (χ2v) is 3.80. The number of aryl methyl sites for hydroxylation is 1. The molecule has 1 heterocycles. The second kappa shape index (κ2) is 4.88. The quantitative estimate of drug-likeness (QED) is 0.763. The van der Waals surface area contributed by atoms with Crippen LogP contribution in [-0.4, -0.2) is 26.0 Å². The average molecular weight is 246 g/mol. The van der Waals surface area contributed by atoms with Crippen LogP contribution in [-0.2, 0) is 12.4 Å². The molecule has 0 saturated heterocycles. The number of nitrogens with zero attached hydrogens (tertiary/aromatic N) is 3. The van der Waals surface area contributed by atoms with Gasteiger partial charge in [0.25, 0.3) is 0 Å². The highest BCUT2D eigenvalue weighted by atomic mass is 35.5. The molecule has 0 amide bonds. The fourth-order valence-corrected chi connectivity index (χ4v) is 1.56. The molecule has 0 aliphatic rings. The molecule has 0 spiro atoms. The number of hydrogen-bond acceptors (Lipinski definition) is 3. The van der Waals surface area contributed by atoms with E-state index in [4.69, 9.17) is 11.6 Å². The van der Waals surface area contributed by atoms with Crippen LogP contribution in [0.4, 0.5) is 13.2 Å². The van der Waals surface area contributed by atoms with E-state index in [1.807, 2.05) is 0 Å². The predicted molar refractivity (Wildman–Crippen MR) is 48.1 cm³/mol. The van der Waals surface area contributed by atoms with Gasteiger partial charge < -0.3 is 4.57 Å². The third kappa shape index (κ3) is 3.75. The molecule has 1 aromatic heterocycles. The van der Waals surface area contributed by atoms with Gasteiger partial charge in [0, 0.05) is 12.3 Å². The lowest BCUT2D eigenvalue weighted by atomic mass is 10.6. The summed E-state index contributed by atoms with van der Waals surface area (Å²) < 4.78 is 36.8. The molecule has 3 nitrogen and oxygen atoms in total. The summed E-state index contributed by atoms with van der Waals surface area (Å²) in [4.78, 5) is 0. The van der Waals surface area contributed by atoms with Crippen LogP contribution in [0.25, 0.3) is 0 Å². The molecule has 80 valence electrons. The SMILES string of the molecule is FC(F)(F)SCCn1cnnc1CCl. The number of thioether (sulfide) groups is 1. The van der Waals surface area contributed by atoms with Crippen molar-refractivity contribution in [2.45, 2.75) is 17.9 Å². The smallest absolute Gasteiger partial charge is 0.316 e. The fourth-order valence-electron chi connectivity index (χ4n) is 0.829. The highest BCUT2D eigenvalue weighted by Crippen LogP contribution is 2.29. The van der Waals surface area contributed by atoms with Crippen molar-refractivity contribution >= 4 is 23.4 Å². The number of alkyl halides is 4. The van der Waals surface area contributed by atoms with E-state index >= 15 is 0 Å². The summed E-state index contributed by atoms with van der Waals surface area (Å²) in [5, 5.41) is 7.19. The van der Waals surface area contributed by atoms with Crippen LogP contribution in [0, 0.1) is 0 Å². The molecule has 0 unspecified atom stereocenters. The van der Waals surface area contributed by atoms with Crippen LogP contribution < -0.4 is 0 Å². The normalized spacial score (nSPS) is 12.0. The molecule has 0 radical (unpaired) electrons. The van der Waals surface area contributed by atoms with Gasteiger partial charge in [-0.2, -0.15) is 13.2 Å². The van der Waals surface area contributed by atoms with Crippen LogP contribution in [0.15, 0.2) is 6.33 Å². The Labute approximate surface area is 87.6 Å². The summed E-state index contributed by atoms with van der Waals surface area (Å²) in [5.74, 6) is 0.566. The first-order valence-corrected chi connectivity index (χ1v) is 5.18. The molecular weight excluding hydrogens is 239 g/mol. The van der Waals surface area contributed by atoms with Gasteiger partial charge in [-0.05, 0) is 11.8 Å². The van der Waals surface area contributed by atoms with Gasteiger partial charge >= 0.3 is 5.51 Å². The zero-order chi connectivity index (χ0) is 10.6. The monoisotopic (exact) mass is 245 g/mol. The number of aromatic nitrogens is 3. The minimum absolute atomic E-state index is 0.0641. The van der Waals surface area contributed by atoms with Gasteiger partial charge in [0.15, 0.2) is 0 Å². The van der Waals surface area contributed by atoms with E-state index in [0.29, 0.717) is 5.82 Å². The molecule has 0 aliphatic heterocycles. The van der Waals surface area contributed by atoms with E-state index in [9.17, 15) is 13.2 Å². The van der Waals surface area contributed by atoms with E-state index in [1.165, 1.54) is 10.9 Å². The van der Waals surface area contributed by atoms with Gasteiger partial charge in [-0.3, -0.25) is 0 Å². The Morgan fingerprint density at radius 3 is 2.79 bits per heavy atom. The molecular formula is C6H7ClF3N3S. The third-order valence-corrected chi connectivity index (χ3v) is 2.37. The van der Waals surface area contributed by atoms with Crippen molar-refractivity contribution in [2.24, 2.45) is 0 Å². The lowest BCUT2D eigenvalue weighted by Crippen LogP contribution is -2.08. The standard InChI is InChI=1S/C6H7ClF3N3S/c7-3-5-12-11-4-13(5)1-2-14-6(8,9)10/h4H,1-3H2. The Morgan fingerprint density at radius 1 is 1.50 bits per heavy atom. The van der Waals surface area contributed by atoms with Gasteiger partial charge in [-0.1, -0.05) is 0 Å². The summed E-state index contributed by atoms with van der Waals surface area (Å²) in [6, 6.07) is 0. The van der Waals surface area contributed by atoms with Crippen LogP contribution >= 0.6 is 23.4 Å². The largest absolute Gasteiger partial charge is 0.441 e. The van der Waals surface area contributed by atoms with Gasteiger partial charge in [0.2, 0.25) is 0 Å². The van der Waals surface area contributed by atoms with Gasteiger partial charge in [0.1, 0.15) is 12.2 Å². The Kier molecular flexibility index (Phi) is 4.06. The molecule has 1 aromatic rings. The number of rotatable bonds is 4. The van der Waals surface area contributed by atoms with Gasteiger partial charge in [0.05, 0.1) is 5.88 Å². The van der Waals surface area contributed by atoms with E-state index < -0.39 is 5.51 Å². The first kappa shape index (κ1) is 11.6. The third-order valence-electron chi connectivity index (χ3n) is 1.41. The maximum Gasteiger partial charge on any atom is 0.441 e. The van der Waals surface area contributed by atoms with Crippen molar-refractivity contribution in [3.8, 4) is 0 Å². The molecule has 0 fully saturated rings. The van der Waals surface area contributed by atoms with E-state index in [0.717, 1.165) is 0 Å². The summed E-state index contributed by atoms with van der Waals surface area (Å²) in [6.07, 6.45) is 1.37. The van der Waals surface area contributed by atoms with E-state index in [1.54, 1.807) is 0 Å². The molecule has 0 aliphatic carbocycles. The maximum absolute atomic E-state index is 11.8. The lowest BCUT2D eigenvalue weighted by molar-refractivity contribution is -0.0328. The fraction of sp³-hybridized carbons (Fsp3) is 0.667. The highest BCUT2D eigenvalue weighted by Gasteiger charge is 2.27. The van der Waals surface area contributed by atoms with Gasteiger partial charge in [-0.15, -0.1) is 21.8 Å². The lowest BCUT2D eigenvalue weighted by Gasteiger charge is -2.06. The Bertz CT molecular complexity index is 288. The molecule has 0 bridgehead atoms. The zero-order valence-corrected chi connectivity index (χ0v) is 8.53. The molecule has 8 heteroatoms. The molecule has 1 rings (SSSR count). The Balaban J connectivity index is 2.38. The van der Waals surface area contributed by atoms with Crippen molar-refractivity contribution in [2.75, 3.05) is 5.75 Å². The average Bonchev–Trinajstić information content (AvgIpc) is 2.49. The summed E-state index contributed by atoms with van der Waals surface area (Å²) >= 11 is 5.42. The minimum atomic E-state index is -4.19. The summed E-state index contributed by atoms with van der Waals surface area (Å²) in [6.45, 7) is 0.208. The number of halogens is 4. The van der Waals surface area contributed by atoms with Crippen LogP contribution in [0.3, 0.4) is 0 Å². The maximum atomic E-state index is 11.8. The minimum Gasteiger partial charge on any atom is -0.316 e. The second-order valence-electron chi connectivity index (χ2n) is 2.37. The molecule has 0 aromatic carbocycles. The molecule has 14 heavy (non-hydrogen) atoms. The predicted octanol–water partition coefficient (Wildman–Crippen LogP) is 2.27. The van der Waals surface area contributed by atoms with Gasteiger partial charge in [-0.25, -0.2) is 0 Å². The Morgan fingerprint density at radius 2 is 2.21 bits per heavy atom. The van der Waals surface area contributed by atoms with Crippen LogP contribution in [0.2, 0.25) is 0 Å².